The molecular formula is C22H22ClN7O3. The molecule has 0 aliphatic carbocycles. The molecule has 2 N–H and O–H groups in total. The Hall–Kier alpha value is -3.52. The Bertz CT molecular complexity index is 1180. The fraction of sp³-hybridized carbons (Fsp3) is 0.318. The van der Waals surface area contributed by atoms with Crippen LogP contribution in [0.3, 0.4) is 0 Å². The van der Waals surface area contributed by atoms with Crippen molar-refractivity contribution in [3.05, 3.63) is 47.4 Å². The van der Waals surface area contributed by atoms with Crippen LogP contribution in [0.5, 0.6) is 5.75 Å². The van der Waals surface area contributed by atoms with Crippen molar-refractivity contribution >= 4 is 29.0 Å². The summed E-state index contributed by atoms with van der Waals surface area (Å²) in [7, 11) is 1.53. The Morgan fingerprint density at radius 2 is 2.33 bits per heavy atom. The van der Waals surface area contributed by atoms with Gasteiger partial charge in [-0.2, -0.15) is 10.4 Å². The number of nitriles is 1. The molecule has 4 rings (SSSR count). The number of methoxy groups -OCH3 is 1. The van der Waals surface area contributed by atoms with E-state index in [1.807, 2.05) is 0 Å². The molecule has 1 aromatic carbocycles. The van der Waals surface area contributed by atoms with Gasteiger partial charge in [-0.25, -0.2) is 9.97 Å². The average Bonchev–Trinajstić information content (AvgIpc) is 3.33. The lowest BCUT2D eigenvalue weighted by molar-refractivity contribution is 0.0269. The van der Waals surface area contributed by atoms with E-state index in [4.69, 9.17) is 26.3 Å². The third kappa shape index (κ3) is 5.28. The van der Waals surface area contributed by atoms with Gasteiger partial charge in [-0.05, 0) is 18.2 Å². The Morgan fingerprint density at radius 3 is 3.09 bits per heavy atom. The number of aromatic nitrogens is 4. The molecule has 0 radical (unpaired) electrons. The lowest BCUT2D eigenvalue weighted by atomic mass is 10.0. The zero-order valence-corrected chi connectivity index (χ0v) is 18.7. The molecule has 33 heavy (non-hydrogen) atoms. The second kappa shape index (κ2) is 10.4. The molecule has 0 spiro atoms. The molecule has 0 bridgehead atoms. The Labute approximate surface area is 195 Å². The minimum Gasteiger partial charge on any atom is -0.495 e. The monoisotopic (exact) mass is 467 g/mol. The number of morpholine rings is 1. The number of rotatable bonds is 8. The Kier molecular flexibility index (Phi) is 7.14. The number of ketones is 1. The SMILES string of the molecule is COc1cc(C(=O)C2CNCCO2)ccc1Nc1ncc(Cl)c(-c2cnn(CCC#N)c2)n1. The molecule has 11 heteroatoms. The van der Waals surface area contributed by atoms with Crippen LogP contribution in [-0.4, -0.2) is 58.4 Å². The van der Waals surface area contributed by atoms with Gasteiger partial charge in [0.25, 0.3) is 0 Å². The maximum absolute atomic E-state index is 12.7. The van der Waals surface area contributed by atoms with Crippen LogP contribution in [0, 0.1) is 11.3 Å². The van der Waals surface area contributed by atoms with Crippen molar-refractivity contribution in [2.45, 2.75) is 19.1 Å². The molecule has 1 saturated heterocycles. The van der Waals surface area contributed by atoms with Gasteiger partial charge in [-0.3, -0.25) is 9.48 Å². The highest BCUT2D eigenvalue weighted by atomic mass is 35.5. The minimum atomic E-state index is -0.515. The van der Waals surface area contributed by atoms with Crippen molar-refractivity contribution in [3.8, 4) is 23.1 Å². The molecule has 3 heterocycles. The van der Waals surface area contributed by atoms with Crippen molar-refractivity contribution in [1.29, 1.82) is 5.26 Å². The van der Waals surface area contributed by atoms with Crippen LogP contribution in [0.2, 0.25) is 5.02 Å². The summed E-state index contributed by atoms with van der Waals surface area (Å²) >= 11 is 6.31. The van der Waals surface area contributed by atoms with Crippen molar-refractivity contribution in [2.75, 3.05) is 32.1 Å². The minimum absolute atomic E-state index is 0.106. The van der Waals surface area contributed by atoms with Crippen molar-refractivity contribution in [2.24, 2.45) is 0 Å². The van der Waals surface area contributed by atoms with Crippen molar-refractivity contribution in [1.82, 2.24) is 25.1 Å². The molecule has 1 aliphatic rings. The number of Topliss-reactive ketones (excluding diaryl/α,β-unsaturated/α-hetero) is 1. The predicted molar refractivity (Wildman–Crippen MR) is 122 cm³/mol. The van der Waals surface area contributed by atoms with Gasteiger partial charge < -0.3 is 20.1 Å². The number of nitrogens with one attached hydrogen (secondary N) is 2. The largest absolute Gasteiger partial charge is 0.495 e. The molecular weight excluding hydrogens is 446 g/mol. The molecule has 1 unspecified atom stereocenters. The lowest BCUT2D eigenvalue weighted by Gasteiger charge is -2.22. The highest BCUT2D eigenvalue weighted by Crippen LogP contribution is 2.31. The van der Waals surface area contributed by atoms with Crippen LogP contribution >= 0.6 is 11.6 Å². The third-order valence-electron chi connectivity index (χ3n) is 5.06. The summed E-state index contributed by atoms with van der Waals surface area (Å²) in [6.07, 6.45) is 4.75. The number of ether oxygens (including phenoxy) is 2. The maximum Gasteiger partial charge on any atom is 0.227 e. The number of benzene rings is 1. The molecule has 1 atom stereocenters. The number of hydrogen-bond donors (Lipinski definition) is 2. The van der Waals surface area contributed by atoms with Crippen molar-refractivity contribution in [3.63, 3.8) is 0 Å². The summed E-state index contributed by atoms with van der Waals surface area (Å²) in [5.41, 5.74) is 2.30. The maximum atomic E-state index is 12.7. The van der Waals surface area contributed by atoms with E-state index in [0.717, 1.165) is 6.54 Å². The number of hydrogen-bond acceptors (Lipinski definition) is 9. The first-order valence-electron chi connectivity index (χ1n) is 10.3. The molecule has 1 fully saturated rings. The zero-order valence-electron chi connectivity index (χ0n) is 17.9. The third-order valence-corrected chi connectivity index (χ3v) is 5.33. The van der Waals surface area contributed by atoms with Gasteiger partial charge in [0.2, 0.25) is 5.95 Å². The van der Waals surface area contributed by atoms with Crippen LogP contribution in [0.25, 0.3) is 11.3 Å². The number of nitrogens with zero attached hydrogens (tertiary/aromatic N) is 5. The molecule has 1 aliphatic heterocycles. The van der Waals surface area contributed by atoms with Crippen LogP contribution < -0.4 is 15.4 Å². The van der Waals surface area contributed by atoms with Crippen LogP contribution in [0.15, 0.2) is 36.8 Å². The number of carbonyl (C=O) groups excluding carboxylic acids is 1. The number of anilines is 2. The molecule has 0 amide bonds. The second-order valence-corrected chi connectivity index (χ2v) is 7.67. The van der Waals surface area contributed by atoms with Gasteiger partial charge >= 0.3 is 0 Å². The Morgan fingerprint density at radius 1 is 1.45 bits per heavy atom. The van der Waals surface area contributed by atoms with Crippen LogP contribution in [-0.2, 0) is 11.3 Å². The fourth-order valence-corrected chi connectivity index (χ4v) is 3.59. The topological polar surface area (TPSA) is 127 Å². The number of carbonyl (C=O) groups is 1. The first kappa shape index (κ1) is 22.7. The zero-order chi connectivity index (χ0) is 23.2. The van der Waals surface area contributed by atoms with E-state index >= 15 is 0 Å². The average molecular weight is 468 g/mol. The summed E-state index contributed by atoms with van der Waals surface area (Å²) in [5, 5.41) is 19.6. The van der Waals surface area contributed by atoms with Gasteiger partial charge in [-0.1, -0.05) is 11.6 Å². The molecule has 10 nitrogen and oxygen atoms in total. The first-order chi connectivity index (χ1) is 16.1. The number of halogens is 1. The summed E-state index contributed by atoms with van der Waals surface area (Å²) in [6.45, 7) is 2.20. The Balaban J connectivity index is 1.55. The first-order valence-corrected chi connectivity index (χ1v) is 10.7. The van der Waals surface area contributed by atoms with Gasteiger partial charge in [-0.15, -0.1) is 0 Å². The smallest absolute Gasteiger partial charge is 0.227 e. The molecule has 0 saturated carbocycles. The van der Waals surface area contributed by atoms with E-state index in [1.165, 1.54) is 13.3 Å². The quantitative estimate of drug-likeness (QED) is 0.480. The highest BCUT2D eigenvalue weighted by Gasteiger charge is 2.24. The van der Waals surface area contributed by atoms with Crippen LogP contribution in [0.1, 0.15) is 16.8 Å². The van der Waals surface area contributed by atoms with E-state index < -0.39 is 6.10 Å². The highest BCUT2D eigenvalue weighted by molar-refractivity contribution is 6.32. The van der Waals surface area contributed by atoms with E-state index in [0.29, 0.717) is 65.3 Å². The van der Waals surface area contributed by atoms with E-state index in [2.05, 4.69) is 31.8 Å². The summed E-state index contributed by atoms with van der Waals surface area (Å²) in [4.78, 5) is 21.5. The van der Waals surface area contributed by atoms with Gasteiger partial charge in [0, 0.05) is 30.4 Å². The summed E-state index contributed by atoms with van der Waals surface area (Å²) in [6, 6.07) is 7.20. The van der Waals surface area contributed by atoms with E-state index in [9.17, 15) is 4.79 Å². The van der Waals surface area contributed by atoms with Crippen molar-refractivity contribution < 1.29 is 14.3 Å². The van der Waals surface area contributed by atoms with E-state index in [1.54, 1.807) is 35.3 Å². The standard InChI is InChI=1S/C22H22ClN7O3/c1-32-18-9-14(21(31)19-12-25-6-8-33-19)3-4-17(18)28-22-26-11-16(23)20(29-22)15-10-27-30(13-15)7-2-5-24/h3-4,9-11,13,19,25H,2,6-8,12H2,1H3,(H,26,28,29). The predicted octanol–water partition coefficient (Wildman–Crippen LogP) is 2.83. The normalized spacial score (nSPS) is 15.6. The fourth-order valence-electron chi connectivity index (χ4n) is 3.39. The second-order valence-electron chi connectivity index (χ2n) is 7.26. The van der Waals surface area contributed by atoms with Gasteiger partial charge in [0.1, 0.15) is 11.9 Å². The van der Waals surface area contributed by atoms with Gasteiger partial charge in [0.15, 0.2) is 5.78 Å². The van der Waals surface area contributed by atoms with Gasteiger partial charge in [0.05, 0.1) is 61.5 Å². The lowest BCUT2D eigenvalue weighted by Crippen LogP contribution is -2.43. The number of aryl methyl sites for hydroxylation is 1. The summed E-state index contributed by atoms with van der Waals surface area (Å²) in [5.74, 6) is 0.663. The van der Waals surface area contributed by atoms with Crippen LogP contribution in [0.4, 0.5) is 11.6 Å². The molecule has 3 aromatic rings. The van der Waals surface area contributed by atoms with E-state index in [-0.39, 0.29) is 5.78 Å². The molecule has 2 aromatic heterocycles. The molecule has 170 valence electrons. The summed E-state index contributed by atoms with van der Waals surface area (Å²) < 4.78 is 12.7.